The minimum Gasteiger partial charge on any atom is -0.378 e. The highest BCUT2D eigenvalue weighted by molar-refractivity contribution is 7.18. The number of halogens is 1. The van der Waals surface area contributed by atoms with Crippen LogP contribution in [0.2, 0.25) is 4.34 Å². The van der Waals surface area contributed by atoms with Crippen molar-refractivity contribution < 1.29 is 9.59 Å². The molecule has 0 spiro atoms. The summed E-state index contributed by atoms with van der Waals surface area (Å²) in [5.41, 5.74) is 2.18. The van der Waals surface area contributed by atoms with E-state index < -0.39 is 0 Å². The Balaban J connectivity index is 1.84. The summed E-state index contributed by atoms with van der Waals surface area (Å²) >= 11 is 7.08. The largest absolute Gasteiger partial charge is 0.378 e. The summed E-state index contributed by atoms with van der Waals surface area (Å²) in [4.78, 5) is 28.5. The molecule has 4 nitrogen and oxygen atoms in total. The number of benzene rings is 1. The van der Waals surface area contributed by atoms with Crippen molar-refractivity contribution in [3.63, 3.8) is 0 Å². The topological polar surface area (TPSA) is 40.6 Å². The van der Waals surface area contributed by atoms with Gasteiger partial charge in [0.25, 0.3) is 0 Å². The Bertz CT molecular complexity index is 710. The number of amides is 1. The Morgan fingerprint density at radius 1 is 1.00 bits per heavy atom. The van der Waals surface area contributed by atoms with Gasteiger partial charge in [-0.1, -0.05) is 23.7 Å². The van der Waals surface area contributed by atoms with Gasteiger partial charge in [-0.25, -0.2) is 0 Å². The minimum atomic E-state index is -0.0392. The Morgan fingerprint density at radius 3 is 2.21 bits per heavy atom. The van der Waals surface area contributed by atoms with E-state index in [1.54, 1.807) is 24.1 Å². The molecule has 128 valence electrons. The molecule has 0 unspecified atom stereocenters. The zero-order valence-electron chi connectivity index (χ0n) is 14.1. The molecular formula is C18H21ClN2O2S. The van der Waals surface area contributed by atoms with Crippen LogP contribution in [0.5, 0.6) is 0 Å². The number of nitrogens with zero attached hydrogens (tertiary/aromatic N) is 2. The van der Waals surface area contributed by atoms with E-state index >= 15 is 0 Å². The zero-order valence-corrected chi connectivity index (χ0v) is 15.7. The van der Waals surface area contributed by atoms with Crippen LogP contribution in [0.25, 0.3) is 0 Å². The van der Waals surface area contributed by atoms with Gasteiger partial charge in [0.1, 0.15) is 0 Å². The number of Topliss-reactive ketones (excluding diaryl/α,β-unsaturated/α-hetero) is 1. The molecule has 2 aromatic rings. The lowest BCUT2D eigenvalue weighted by Crippen LogP contribution is -2.26. The third kappa shape index (κ3) is 5.08. The lowest BCUT2D eigenvalue weighted by molar-refractivity contribution is -0.130. The second kappa shape index (κ2) is 8.31. The summed E-state index contributed by atoms with van der Waals surface area (Å²) in [6.07, 6.45) is 0.417. The van der Waals surface area contributed by atoms with Gasteiger partial charge < -0.3 is 9.80 Å². The average Bonchev–Trinajstić information content (AvgIpc) is 2.99. The molecule has 0 saturated heterocycles. The van der Waals surface area contributed by atoms with E-state index in [4.69, 9.17) is 11.6 Å². The van der Waals surface area contributed by atoms with Crippen LogP contribution in [0.1, 0.15) is 28.1 Å². The molecule has 0 bridgehead atoms. The molecule has 1 heterocycles. The number of anilines is 1. The number of hydrogen-bond acceptors (Lipinski definition) is 4. The first-order valence-electron chi connectivity index (χ1n) is 7.65. The SMILES string of the molecule is CN(Cc1ccc(N(C)C)cc1)C(=O)CCC(=O)c1ccc(Cl)s1. The Morgan fingerprint density at radius 2 is 1.67 bits per heavy atom. The molecule has 0 aliphatic carbocycles. The van der Waals surface area contributed by atoms with Gasteiger partial charge in [-0.2, -0.15) is 0 Å². The summed E-state index contributed by atoms with van der Waals surface area (Å²) in [7, 11) is 5.74. The van der Waals surface area contributed by atoms with E-state index in [2.05, 4.69) is 0 Å². The Hall–Kier alpha value is -1.85. The summed E-state index contributed by atoms with van der Waals surface area (Å²) in [5.74, 6) is -0.0772. The summed E-state index contributed by atoms with van der Waals surface area (Å²) < 4.78 is 0.586. The van der Waals surface area contributed by atoms with Gasteiger partial charge in [0.05, 0.1) is 9.21 Å². The highest BCUT2D eigenvalue weighted by Crippen LogP contribution is 2.23. The summed E-state index contributed by atoms with van der Waals surface area (Å²) in [6.45, 7) is 0.533. The first-order valence-corrected chi connectivity index (χ1v) is 8.85. The lowest BCUT2D eigenvalue weighted by atomic mass is 10.1. The number of hydrogen-bond donors (Lipinski definition) is 0. The fourth-order valence-electron chi connectivity index (χ4n) is 2.26. The summed E-state index contributed by atoms with van der Waals surface area (Å²) in [5, 5.41) is 0. The van der Waals surface area contributed by atoms with Gasteiger partial charge in [-0.3, -0.25) is 9.59 Å². The molecule has 0 N–H and O–H groups in total. The van der Waals surface area contributed by atoms with Crippen molar-refractivity contribution in [1.29, 1.82) is 0 Å². The molecule has 0 fully saturated rings. The monoisotopic (exact) mass is 364 g/mol. The number of carbonyl (C=O) groups is 2. The molecule has 1 aromatic heterocycles. The molecule has 0 radical (unpaired) electrons. The molecule has 2 rings (SSSR count). The van der Waals surface area contributed by atoms with E-state index in [0.29, 0.717) is 15.8 Å². The number of rotatable bonds is 7. The lowest BCUT2D eigenvalue weighted by Gasteiger charge is -2.18. The van der Waals surface area contributed by atoms with Crippen LogP contribution in [0, 0.1) is 0 Å². The molecule has 0 aliphatic heterocycles. The van der Waals surface area contributed by atoms with Crippen LogP contribution in [0.4, 0.5) is 5.69 Å². The maximum Gasteiger partial charge on any atom is 0.223 e. The average molecular weight is 365 g/mol. The summed E-state index contributed by atoms with van der Waals surface area (Å²) in [6, 6.07) is 11.5. The van der Waals surface area contributed by atoms with Crippen molar-refractivity contribution in [2.75, 3.05) is 26.0 Å². The standard InChI is InChI=1S/C18H21ClN2O2S/c1-20(2)14-6-4-13(5-7-14)12-21(3)18(23)11-8-15(22)16-9-10-17(19)24-16/h4-7,9-10H,8,11-12H2,1-3H3. The molecule has 0 aliphatic rings. The molecule has 1 amide bonds. The number of carbonyl (C=O) groups excluding carboxylic acids is 2. The highest BCUT2D eigenvalue weighted by Gasteiger charge is 2.14. The minimum absolute atomic E-state index is 0.0380. The van der Waals surface area contributed by atoms with E-state index in [1.807, 2.05) is 43.3 Å². The van der Waals surface area contributed by atoms with Crippen molar-refractivity contribution in [3.8, 4) is 0 Å². The quantitative estimate of drug-likeness (QED) is 0.695. The van der Waals surface area contributed by atoms with Gasteiger partial charge in [-0.15, -0.1) is 11.3 Å². The second-order valence-corrected chi connectivity index (χ2v) is 7.55. The van der Waals surface area contributed by atoms with Gasteiger partial charge in [-0.05, 0) is 29.8 Å². The molecule has 6 heteroatoms. The van der Waals surface area contributed by atoms with Gasteiger partial charge in [0.15, 0.2) is 5.78 Å². The van der Waals surface area contributed by atoms with Gasteiger partial charge in [0, 0.05) is 46.2 Å². The zero-order chi connectivity index (χ0) is 17.7. The van der Waals surface area contributed by atoms with Gasteiger partial charge in [0.2, 0.25) is 5.91 Å². The van der Waals surface area contributed by atoms with Crippen molar-refractivity contribution in [2.45, 2.75) is 19.4 Å². The van der Waals surface area contributed by atoms with Gasteiger partial charge >= 0.3 is 0 Å². The number of thiophene rings is 1. The molecule has 0 saturated carbocycles. The molecule has 1 aromatic carbocycles. The molecule has 24 heavy (non-hydrogen) atoms. The third-order valence-corrected chi connectivity index (χ3v) is 4.98. The molecule has 0 atom stereocenters. The fraction of sp³-hybridized carbons (Fsp3) is 0.333. The predicted molar refractivity (Wildman–Crippen MR) is 100 cm³/mol. The van der Waals surface area contributed by atoms with Crippen LogP contribution in [0.3, 0.4) is 0 Å². The number of ketones is 1. The fourth-order valence-corrected chi connectivity index (χ4v) is 3.27. The van der Waals surface area contributed by atoms with E-state index in [9.17, 15) is 9.59 Å². The maximum atomic E-state index is 12.2. The smallest absolute Gasteiger partial charge is 0.223 e. The maximum absolute atomic E-state index is 12.2. The van der Waals surface area contributed by atoms with Crippen LogP contribution in [0.15, 0.2) is 36.4 Å². The van der Waals surface area contributed by atoms with Crippen molar-refractivity contribution >= 4 is 40.3 Å². The Kier molecular flexibility index (Phi) is 6.40. The predicted octanol–water partition coefficient (Wildman–Crippen LogP) is 4.09. The first-order chi connectivity index (χ1) is 11.4. The van der Waals surface area contributed by atoms with Crippen LogP contribution < -0.4 is 4.90 Å². The van der Waals surface area contributed by atoms with Crippen LogP contribution in [-0.4, -0.2) is 37.7 Å². The van der Waals surface area contributed by atoms with Crippen molar-refractivity contribution in [1.82, 2.24) is 4.90 Å². The van der Waals surface area contributed by atoms with E-state index in [0.717, 1.165) is 11.3 Å². The molecular weight excluding hydrogens is 344 g/mol. The van der Waals surface area contributed by atoms with Crippen molar-refractivity contribution in [3.05, 3.63) is 51.2 Å². The van der Waals surface area contributed by atoms with Crippen LogP contribution >= 0.6 is 22.9 Å². The normalized spacial score (nSPS) is 10.5. The van der Waals surface area contributed by atoms with E-state index in [-0.39, 0.29) is 24.5 Å². The third-order valence-electron chi connectivity index (χ3n) is 3.71. The Labute approximate surface area is 151 Å². The van der Waals surface area contributed by atoms with Crippen LogP contribution in [-0.2, 0) is 11.3 Å². The van der Waals surface area contributed by atoms with Crippen molar-refractivity contribution in [2.24, 2.45) is 0 Å². The van der Waals surface area contributed by atoms with E-state index in [1.165, 1.54) is 11.3 Å². The highest BCUT2D eigenvalue weighted by atomic mass is 35.5. The first kappa shape index (κ1) is 18.5. The second-order valence-electron chi connectivity index (χ2n) is 5.84.